The smallest absolute Gasteiger partial charge is 0.338 e. The van der Waals surface area contributed by atoms with E-state index in [1.807, 2.05) is 25.1 Å². The van der Waals surface area contributed by atoms with Gasteiger partial charge in [0.2, 0.25) is 0 Å². The van der Waals surface area contributed by atoms with Crippen molar-refractivity contribution in [1.82, 2.24) is 5.32 Å². The molecule has 28 heavy (non-hydrogen) atoms. The van der Waals surface area contributed by atoms with Crippen LogP contribution < -0.4 is 15.5 Å². The van der Waals surface area contributed by atoms with Gasteiger partial charge in [-0.3, -0.25) is 14.9 Å². The van der Waals surface area contributed by atoms with Crippen molar-refractivity contribution in [3.63, 3.8) is 0 Å². The zero-order valence-corrected chi connectivity index (χ0v) is 15.7. The number of esters is 1. The number of non-ortho nitro benzene ring substituents is 1. The number of benzene rings is 2. The largest absolute Gasteiger partial charge is 0.452 e. The van der Waals surface area contributed by atoms with Gasteiger partial charge in [-0.15, -0.1) is 0 Å². The molecule has 0 spiro atoms. The molecule has 2 aromatic rings. The number of ether oxygens (including phenoxy) is 1. The van der Waals surface area contributed by atoms with E-state index in [1.54, 1.807) is 30.3 Å². The lowest BCUT2D eigenvalue weighted by molar-refractivity contribution is -0.384. The van der Waals surface area contributed by atoms with Crippen LogP contribution in [0.1, 0.15) is 10.4 Å². The fourth-order valence-corrected chi connectivity index (χ4v) is 2.29. The molecule has 2 aromatic carbocycles. The van der Waals surface area contributed by atoms with Crippen LogP contribution in [0.25, 0.3) is 0 Å². The molecule has 0 heterocycles. The molecule has 0 aromatic heterocycles. The van der Waals surface area contributed by atoms with Gasteiger partial charge >= 0.3 is 5.97 Å². The molecule has 0 atom stereocenters. The topological polar surface area (TPSA) is 114 Å². The molecule has 0 saturated carbocycles. The average Bonchev–Trinajstić information content (AvgIpc) is 2.69. The van der Waals surface area contributed by atoms with Crippen molar-refractivity contribution in [2.45, 2.75) is 0 Å². The molecule has 9 heteroatoms. The van der Waals surface area contributed by atoms with E-state index in [0.29, 0.717) is 24.3 Å². The number of nitrogens with one attached hydrogen (secondary N) is 2. The molecule has 0 saturated heterocycles. The molecule has 0 radical (unpaired) electrons. The summed E-state index contributed by atoms with van der Waals surface area (Å²) in [5, 5.41) is 16.2. The van der Waals surface area contributed by atoms with E-state index in [-0.39, 0.29) is 12.3 Å². The first-order valence-corrected chi connectivity index (χ1v) is 8.56. The summed E-state index contributed by atoms with van der Waals surface area (Å²) in [4.78, 5) is 35.8. The first kappa shape index (κ1) is 20.7. The van der Waals surface area contributed by atoms with Crippen LogP contribution >= 0.6 is 0 Å². The number of rotatable bonds is 9. The van der Waals surface area contributed by atoms with Gasteiger partial charge in [-0.05, 0) is 30.3 Å². The Kier molecular flexibility index (Phi) is 7.32. The number of hydrogen-bond donors (Lipinski definition) is 2. The molecule has 148 valence electrons. The van der Waals surface area contributed by atoms with E-state index in [2.05, 4.69) is 10.6 Å². The fraction of sp³-hybridized carbons (Fsp3) is 0.263. The number of nitro benzene ring substituents is 1. The van der Waals surface area contributed by atoms with Gasteiger partial charge in [0.05, 0.1) is 10.5 Å². The minimum atomic E-state index is -0.567. The van der Waals surface area contributed by atoms with E-state index < -0.39 is 16.8 Å². The summed E-state index contributed by atoms with van der Waals surface area (Å²) < 4.78 is 5.02. The Morgan fingerprint density at radius 1 is 1.11 bits per heavy atom. The maximum atomic E-state index is 12.0. The Hall–Kier alpha value is -3.62. The highest BCUT2D eigenvalue weighted by molar-refractivity contribution is 5.92. The van der Waals surface area contributed by atoms with Gasteiger partial charge in [0.1, 0.15) is 0 Å². The SMILES string of the molecule is CN(C)c1cccc(C(=O)OCC(=O)NCCNc2ccc([N+](=O)[O-])cc2)c1. The monoisotopic (exact) mass is 386 g/mol. The highest BCUT2D eigenvalue weighted by Gasteiger charge is 2.11. The standard InChI is InChI=1S/C19H22N4O5/c1-22(2)17-5-3-4-14(12-17)19(25)28-13-18(24)21-11-10-20-15-6-8-16(9-7-15)23(26)27/h3-9,12,20H,10-11,13H2,1-2H3,(H,21,24). The number of nitro groups is 1. The number of carbonyl (C=O) groups is 2. The maximum Gasteiger partial charge on any atom is 0.338 e. The van der Waals surface area contributed by atoms with Gasteiger partial charge in [-0.2, -0.15) is 0 Å². The third kappa shape index (κ3) is 6.27. The molecular weight excluding hydrogens is 364 g/mol. The van der Waals surface area contributed by atoms with Crippen molar-refractivity contribution in [3.8, 4) is 0 Å². The Morgan fingerprint density at radius 3 is 2.46 bits per heavy atom. The van der Waals surface area contributed by atoms with Gasteiger partial charge in [-0.1, -0.05) is 6.07 Å². The van der Waals surface area contributed by atoms with Crippen LogP contribution in [0.15, 0.2) is 48.5 Å². The maximum absolute atomic E-state index is 12.0. The van der Waals surface area contributed by atoms with Crippen LogP contribution in [-0.2, 0) is 9.53 Å². The Labute approximate surface area is 162 Å². The summed E-state index contributed by atoms with van der Waals surface area (Å²) in [7, 11) is 3.73. The first-order valence-electron chi connectivity index (χ1n) is 8.56. The van der Waals surface area contributed by atoms with Crippen molar-refractivity contribution >= 4 is 28.9 Å². The quantitative estimate of drug-likeness (QED) is 0.293. The molecule has 2 rings (SSSR count). The van der Waals surface area contributed by atoms with Crippen molar-refractivity contribution in [1.29, 1.82) is 0 Å². The zero-order chi connectivity index (χ0) is 20.5. The third-order valence-electron chi connectivity index (χ3n) is 3.79. The first-order chi connectivity index (χ1) is 13.4. The highest BCUT2D eigenvalue weighted by atomic mass is 16.6. The third-order valence-corrected chi connectivity index (χ3v) is 3.79. The van der Waals surface area contributed by atoms with E-state index >= 15 is 0 Å². The Morgan fingerprint density at radius 2 is 1.82 bits per heavy atom. The van der Waals surface area contributed by atoms with Gasteiger partial charge in [0, 0.05) is 50.7 Å². The lowest BCUT2D eigenvalue weighted by Gasteiger charge is -2.13. The van der Waals surface area contributed by atoms with Crippen LogP contribution in [0.3, 0.4) is 0 Å². The molecule has 0 unspecified atom stereocenters. The molecule has 1 amide bonds. The fourth-order valence-electron chi connectivity index (χ4n) is 2.29. The summed E-state index contributed by atoms with van der Waals surface area (Å²) in [6, 6.07) is 12.9. The van der Waals surface area contributed by atoms with Crippen molar-refractivity contribution in [2.24, 2.45) is 0 Å². The van der Waals surface area contributed by atoms with E-state index in [1.165, 1.54) is 12.1 Å². The van der Waals surface area contributed by atoms with Crippen molar-refractivity contribution in [3.05, 3.63) is 64.2 Å². The van der Waals surface area contributed by atoms with E-state index in [4.69, 9.17) is 4.74 Å². The number of nitrogens with zero attached hydrogens (tertiary/aromatic N) is 2. The Balaban J connectivity index is 1.69. The molecule has 0 bridgehead atoms. The minimum absolute atomic E-state index is 0.0109. The van der Waals surface area contributed by atoms with E-state index in [9.17, 15) is 19.7 Å². The van der Waals surface area contributed by atoms with Crippen molar-refractivity contribution in [2.75, 3.05) is 44.0 Å². The zero-order valence-electron chi connectivity index (χ0n) is 15.7. The predicted molar refractivity (Wildman–Crippen MR) is 106 cm³/mol. The molecule has 2 N–H and O–H groups in total. The number of carbonyl (C=O) groups excluding carboxylic acids is 2. The van der Waals surface area contributed by atoms with Gasteiger partial charge in [0.25, 0.3) is 11.6 Å². The number of anilines is 2. The number of amides is 1. The lowest BCUT2D eigenvalue weighted by Crippen LogP contribution is -2.32. The summed E-state index contributed by atoms with van der Waals surface area (Å²) in [5.74, 6) is -0.981. The average molecular weight is 386 g/mol. The molecule has 0 aliphatic heterocycles. The summed E-state index contributed by atoms with van der Waals surface area (Å²) in [5.41, 5.74) is 1.94. The minimum Gasteiger partial charge on any atom is -0.452 e. The van der Waals surface area contributed by atoms with Crippen LogP contribution in [-0.4, -0.2) is 50.6 Å². The predicted octanol–water partition coefficient (Wildman–Crippen LogP) is 2.05. The van der Waals surface area contributed by atoms with Crippen LogP contribution in [0.4, 0.5) is 17.1 Å². The van der Waals surface area contributed by atoms with Gasteiger partial charge in [0.15, 0.2) is 6.61 Å². The molecule has 0 aliphatic carbocycles. The van der Waals surface area contributed by atoms with Gasteiger partial charge < -0.3 is 20.3 Å². The van der Waals surface area contributed by atoms with Gasteiger partial charge in [-0.25, -0.2) is 4.79 Å². The molecule has 0 fully saturated rings. The van der Waals surface area contributed by atoms with E-state index in [0.717, 1.165) is 5.69 Å². The number of hydrogen-bond acceptors (Lipinski definition) is 7. The normalized spacial score (nSPS) is 10.1. The Bertz CT molecular complexity index is 836. The van der Waals surface area contributed by atoms with Crippen LogP contribution in [0.2, 0.25) is 0 Å². The molecule has 9 nitrogen and oxygen atoms in total. The second-order valence-electron chi connectivity index (χ2n) is 6.10. The summed E-state index contributed by atoms with van der Waals surface area (Å²) in [6.07, 6.45) is 0. The molecule has 0 aliphatic rings. The highest BCUT2D eigenvalue weighted by Crippen LogP contribution is 2.15. The van der Waals surface area contributed by atoms with Crippen LogP contribution in [0, 0.1) is 10.1 Å². The summed E-state index contributed by atoms with van der Waals surface area (Å²) >= 11 is 0. The van der Waals surface area contributed by atoms with Crippen molar-refractivity contribution < 1.29 is 19.2 Å². The van der Waals surface area contributed by atoms with Crippen LogP contribution in [0.5, 0.6) is 0 Å². The second kappa shape index (κ2) is 9.91. The summed E-state index contributed by atoms with van der Waals surface area (Å²) in [6.45, 7) is 0.356. The second-order valence-corrected chi connectivity index (χ2v) is 6.10. The molecular formula is C19H22N4O5. The lowest BCUT2D eigenvalue weighted by atomic mass is 10.2.